The zero-order chi connectivity index (χ0) is 32.1. The van der Waals surface area contributed by atoms with Gasteiger partial charge in [-0.05, 0) is 80.8 Å². The molecule has 3 saturated carbocycles. The van der Waals surface area contributed by atoms with Crippen LogP contribution in [-0.2, 0) is 16.2 Å². The van der Waals surface area contributed by atoms with Gasteiger partial charge in [0.25, 0.3) is 0 Å². The zero-order valence-corrected chi connectivity index (χ0v) is 26.8. The van der Waals surface area contributed by atoms with Crippen LogP contribution in [0.25, 0.3) is 0 Å². The summed E-state index contributed by atoms with van der Waals surface area (Å²) in [4.78, 5) is 14.5. The first-order chi connectivity index (χ1) is 20.4. The molecule has 2 bridgehead atoms. The smallest absolute Gasteiger partial charge is 0.393 e. The largest absolute Gasteiger partial charge is 0.416 e. The second-order valence-corrected chi connectivity index (χ2v) is 16.8. The summed E-state index contributed by atoms with van der Waals surface area (Å²) in [7, 11) is -3.58. The minimum absolute atomic E-state index is 0.0238. The molecule has 0 heterocycles. The molecule has 3 fully saturated rings. The van der Waals surface area contributed by atoms with Gasteiger partial charge in [0.2, 0.25) is 10.0 Å². The average molecular weight is 636 g/mol. The number of Topliss-reactive ketones (excluding diaryl/α,β-unsaturated/α-hetero) is 1. The molecule has 0 aromatic heterocycles. The molecule has 0 amide bonds. The predicted molar refractivity (Wildman–Crippen MR) is 161 cm³/mol. The Hall–Kier alpha value is -2.01. The maximum atomic E-state index is 14.5. The highest BCUT2D eigenvalue weighted by molar-refractivity contribution is 7.88. The van der Waals surface area contributed by atoms with Gasteiger partial charge in [-0.15, -0.1) is 0 Å². The molecule has 6 aliphatic rings. The van der Waals surface area contributed by atoms with Crippen LogP contribution in [0, 0.1) is 33.5 Å². The second kappa shape index (κ2) is 9.99. The zero-order valence-electron chi connectivity index (χ0n) is 26.0. The van der Waals surface area contributed by atoms with Gasteiger partial charge in [0.05, 0.1) is 23.5 Å². The first kappa shape index (κ1) is 32.0. The van der Waals surface area contributed by atoms with Crippen molar-refractivity contribution in [1.29, 1.82) is 0 Å². The number of aliphatic hydroxyl groups is 2. The summed E-state index contributed by atoms with van der Waals surface area (Å²) in [5.74, 6) is -0.708. The van der Waals surface area contributed by atoms with Crippen LogP contribution in [0.3, 0.4) is 0 Å². The number of sulfonamides is 1. The molecule has 44 heavy (non-hydrogen) atoms. The molecule has 1 unspecified atom stereocenters. The van der Waals surface area contributed by atoms with Crippen molar-refractivity contribution in [3.63, 3.8) is 0 Å². The number of carbonyl (C=O) groups is 1. The van der Waals surface area contributed by atoms with Crippen LogP contribution in [0.2, 0.25) is 0 Å². The van der Waals surface area contributed by atoms with E-state index >= 15 is 0 Å². The topological polar surface area (TPSA) is 94.9 Å². The lowest BCUT2D eigenvalue weighted by Crippen LogP contribution is -2.67. The van der Waals surface area contributed by atoms with Crippen LogP contribution in [-0.4, -0.2) is 59.8 Å². The van der Waals surface area contributed by atoms with E-state index in [2.05, 4.69) is 19.1 Å². The van der Waals surface area contributed by atoms with Gasteiger partial charge in [0, 0.05) is 40.5 Å². The van der Waals surface area contributed by atoms with E-state index in [-0.39, 0.29) is 35.9 Å². The molecule has 6 aliphatic carbocycles. The van der Waals surface area contributed by atoms with Gasteiger partial charge in [-0.25, -0.2) is 8.42 Å². The number of allylic oxidation sites excluding steroid dienone is 4. The Kier molecular flexibility index (Phi) is 7.26. The number of nitrogens with zero attached hydrogens (tertiary/aromatic N) is 1. The highest BCUT2D eigenvalue weighted by atomic mass is 32.2. The van der Waals surface area contributed by atoms with E-state index in [1.807, 2.05) is 19.9 Å². The van der Waals surface area contributed by atoms with Crippen molar-refractivity contribution in [2.75, 3.05) is 19.3 Å². The van der Waals surface area contributed by atoms with E-state index in [0.717, 1.165) is 24.8 Å². The van der Waals surface area contributed by atoms with E-state index in [9.17, 15) is 36.6 Å². The lowest BCUT2D eigenvalue weighted by molar-refractivity contribution is -0.173. The molecule has 2 spiro atoms. The molecule has 6 nitrogen and oxygen atoms in total. The highest BCUT2D eigenvalue weighted by Gasteiger charge is 2.74. The van der Waals surface area contributed by atoms with Gasteiger partial charge >= 0.3 is 6.18 Å². The summed E-state index contributed by atoms with van der Waals surface area (Å²) >= 11 is 0. The average Bonchev–Trinajstić information content (AvgIpc) is 3.21. The first-order valence-corrected chi connectivity index (χ1v) is 17.7. The fourth-order valence-corrected chi connectivity index (χ4v) is 11.5. The van der Waals surface area contributed by atoms with E-state index in [4.69, 9.17) is 0 Å². The Bertz CT molecular complexity index is 1540. The molecule has 2 N–H and O–H groups in total. The van der Waals surface area contributed by atoms with E-state index < -0.39 is 55.5 Å². The van der Waals surface area contributed by atoms with Gasteiger partial charge < -0.3 is 10.2 Å². The molecule has 242 valence electrons. The number of fused-ring (bicyclic) bond motifs is 1. The van der Waals surface area contributed by atoms with Crippen molar-refractivity contribution in [3.05, 3.63) is 59.2 Å². The molecule has 0 aliphatic heterocycles. The second-order valence-electron chi connectivity index (χ2n) is 14.8. The van der Waals surface area contributed by atoms with Gasteiger partial charge in [0.1, 0.15) is 0 Å². The number of ketones is 1. The Morgan fingerprint density at radius 1 is 1.05 bits per heavy atom. The van der Waals surface area contributed by atoms with Crippen LogP contribution < -0.4 is 0 Å². The SMILES string of the molecule is CCCN(C[C@]1(O)CC[C@H]2[C@]34C=C[C@@]5(C=C3C(=O)c3cccc(C(F)(F)F)c3)CC(O)CC[C@]5(C)[C@H]4CC[C@@]21C)S(C)(=O)=O. The minimum Gasteiger partial charge on any atom is -0.393 e. The van der Waals surface area contributed by atoms with Crippen molar-refractivity contribution < 1.29 is 36.6 Å². The molecule has 1 aromatic rings. The van der Waals surface area contributed by atoms with Crippen LogP contribution in [0.5, 0.6) is 0 Å². The minimum atomic E-state index is -4.60. The fraction of sp³-hybridized carbons (Fsp3) is 0.676. The van der Waals surface area contributed by atoms with E-state index in [1.165, 1.54) is 16.4 Å². The van der Waals surface area contributed by atoms with Gasteiger partial charge in [-0.1, -0.05) is 51.1 Å². The highest BCUT2D eigenvalue weighted by Crippen LogP contribution is 2.78. The fourth-order valence-electron chi connectivity index (χ4n) is 10.5. The molecule has 0 saturated heterocycles. The molecular formula is C34H44F3NO5S. The van der Waals surface area contributed by atoms with E-state index in [1.54, 1.807) is 0 Å². The normalized spacial score (nSPS) is 41.2. The van der Waals surface area contributed by atoms with Crippen molar-refractivity contribution in [3.8, 4) is 0 Å². The molecular weight excluding hydrogens is 591 g/mol. The summed E-state index contributed by atoms with van der Waals surface area (Å²) < 4.78 is 68.0. The van der Waals surface area contributed by atoms with Crippen LogP contribution >= 0.6 is 0 Å². The quantitative estimate of drug-likeness (QED) is 0.277. The maximum Gasteiger partial charge on any atom is 0.416 e. The van der Waals surface area contributed by atoms with Crippen molar-refractivity contribution in [2.45, 2.75) is 90.0 Å². The summed E-state index contributed by atoms with van der Waals surface area (Å²) in [6.07, 6.45) is 6.87. The van der Waals surface area contributed by atoms with E-state index in [0.29, 0.717) is 50.5 Å². The number of rotatable bonds is 7. The lowest BCUT2D eigenvalue weighted by Gasteiger charge is -2.71. The monoisotopic (exact) mass is 635 g/mol. The van der Waals surface area contributed by atoms with Crippen LogP contribution in [0.4, 0.5) is 13.2 Å². The van der Waals surface area contributed by atoms with Crippen molar-refractivity contribution >= 4 is 15.8 Å². The summed E-state index contributed by atoms with van der Waals surface area (Å²) in [5.41, 5.74) is -4.29. The summed E-state index contributed by atoms with van der Waals surface area (Å²) in [6, 6.07) is 4.59. The van der Waals surface area contributed by atoms with Gasteiger partial charge in [-0.3, -0.25) is 4.79 Å². The Morgan fingerprint density at radius 3 is 2.36 bits per heavy atom. The molecule has 8 atom stereocenters. The lowest BCUT2D eigenvalue weighted by atomic mass is 9.32. The standard InChI is InChI=1S/C34H44F3NO5S/c1-5-17-38(44(4,42)43)21-32(41)14-11-27-30(32,3)13-10-26-29(2)12-9-24(39)19-31(29)15-16-33(26,27)25(20-31)28(40)22-7-6-8-23(18-22)34(35,36)37/h6-8,15-16,18,20,24,26-27,39,41H,5,9-14,17,19,21H2,1-4H3/t24?,26-,27-,29-,30+,31+,32-,33-/m1/s1. The van der Waals surface area contributed by atoms with Crippen LogP contribution in [0.1, 0.15) is 88.1 Å². The Balaban J connectivity index is 1.51. The third-order valence-electron chi connectivity index (χ3n) is 12.8. The molecule has 7 rings (SSSR count). The van der Waals surface area contributed by atoms with Crippen LogP contribution in [0.15, 0.2) is 48.1 Å². The van der Waals surface area contributed by atoms with Gasteiger partial charge in [-0.2, -0.15) is 17.5 Å². The number of halogens is 3. The third kappa shape index (κ3) is 4.29. The number of benzene rings is 1. The number of hydrogen-bond donors (Lipinski definition) is 2. The predicted octanol–water partition coefficient (Wildman–Crippen LogP) is 6.15. The number of alkyl halides is 3. The Labute approximate surface area is 258 Å². The Morgan fingerprint density at radius 2 is 1.70 bits per heavy atom. The van der Waals surface area contributed by atoms with Gasteiger partial charge in [0.15, 0.2) is 5.78 Å². The number of aliphatic hydroxyl groups excluding tert-OH is 1. The number of carbonyl (C=O) groups excluding carboxylic acids is 1. The first-order valence-electron chi connectivity index (χ1n) is 15.9. The molecule has 10 heteroatoms. The van der Waals surface area contributed by atoms with Crippen molar-refractivity contribution in [2.24, 2.45) is 33.5 Å². The van der Waals surface area contributed by atoms with Crippen molar-refractivity contribution in [1.82, 2.24) is 4.31 Å². The number of hydrogen-bond acceptors (Lipinski definition) is 5. The summed E-state index contributed by atoms with van der Waals surface area (Å²) in [6.45, 7) is 6.40. The molecule has 1 aromatic carbocycles. The third-order valence-corrected chi connectivity index (χ3v) is 14.0. The molecule has 0 radical (unpaired) electrons. The maximum absolute atomic E-state index is 14.5. The summed E-state index contributed by atoms with van der Waals surface area (Å²) in [5, 5.41) is 23.3.